The SMILES string of the molecule is O=C(O)N1CCC[C@@H](Nc2ncc3c(n2)-c2ccccc2[C@@H](c2ccc(Cl)c(Cl)c2)C3)C1. The lowest BCUT2D eigenvalue weighted by Gasteiger charge is -2.31. The van der Waals surface area contributed by atoms with E-state index in [1.165, 1.54) is 10.5 Å². The second-order valence-electron chi connectivity index (χ2n) is 8.30. The van der Waals surface area contributed by atoms with Gasteiger partial charge in [-0.2, -0.15) is 0 Å². The van der Waals surface area contributed by atoms with E-state index in [4.69, 9.17) is 28.2 Å². The summed E-state index contributed by atoms with van der Waals surface area (Å²) in [6, 6.07) is 14.1. The number of likely N-dealkylation sites (tertiary alicyclic amines) is 1. The summed E-state index contributed by atoms with van der Waals surface area (Å²) in [6.45, 7) is 1.01. The monoisotopic (exact) mass is 468 g/mol. The van der Waals surface area contributed by atoms with Crippen molar-refractivity contribution in [1.29, 1.82) is 0 Å². The highest BCUT2D eigenvalue weighted by Gasteiger charge is 2.29. The van der Waals surface area contributed by atoms with Gasteiger partial charge in [-0.05, 0) is 48.1 Å². The molecule has 2 aromatic carbocycles. The van der Waals surface area contributed by atoms with Crippen molar-refractivity contribution in [3.8, 4) is 11.3 Å². The fraction of sp³-hybridized carbons (Fsp3) is 0.292. The maximum atomic E-state index is 11.3. The quantitative estimate of drug-likeness (QED) is 0.515. The van der Waals surface area contributed by atoms with Gasteiger partial charge in [-0.15, -0.1) is 0 Å². The van der Waals surface area contributed by atoms with E-state index in [0.29, 0.717) is 29.1 Å². The molecule has 0 radical (unpaired) electrons. The van der Waals surface area contributed by atoms with E-state index in [2.05, 4.69) is 22.4 Å². The van der Waals surface area contributed by atoms with Crippen molar-refractivity contribution < 1.29 is 9.90 Å². The molecule has 8 heteroatoms. The first-order chi connectivity index (χ1) is 15.5. The van der Waals surface area contributed by atoms with E-state index in [-0.39, 0.29) is 12.0 Å². The summed E-state index contributed by atoms with van der Waals surface area (Å²) in [7, 11) is 0. The summed E-state index contributed by atoms with van der Waals surface area (Å²) in [6.07, 6.45) is 3.47. The van der Waals surface area contributed by atoms with Crippen molar-refractivity contribution in [2.45, 2.75) is 31.2 Å². The van der Waals surface area contributed by atoms with Crippen molar-refractivity contribution in [3.63, 3.8) is 0 Å². The molecule has 32 heavy (non-hydrogen) atoms. The molecule has 1 fully saturated rings. The number of nitrogens with one attached hydrogen (secondary N) is 1. The van der Waals surface area contributed by atoms with E-state index in [1.807, 2.05) is 36.5 Å². The molecule has 3 aromatic rings. The first-order valence-electron chi connectivity index (χ1n) is 10.6. The molecule has 0 spiro atoms. The van der Waals surface area contributed by atoms with Gasteiger partial charge < -0.3 is 15.3 Å². The number of amides is 1. The summed E-state index contributed by atoms with van der Waals surface area (Å²) in [5, 5.41) is 13.7. The number of aromatic nitrogens is 2. The normalized spacial score (nSPS) is 19.8. The van der Waals surface area contributed by atoms with E-state index in [1.54, 1.807) is 0 Å². The van der Waals surface area contributed by atoms with Crippen LogP contribution in [0.25, 0.3) is 11.3 Å². The topological polar surface area (TPSA) is 78.4 Å². The molecule has 1 aliphatic heterocycles. The third-order valence-electron chi connectivity index (χ3n) is 6.25. The lowest BCUT2D eigenvalue weighted by molar-refractivity contribution is 0.132. The van der Waals surface area contributed by atoms with Crippen LogP contribution in [0.2, 0.25) is 10.0 Å². The Labute approximate surface area is 196 Å². The van der Waals surface area contributed by atoms with Crippen molar-refractivity contribution >= 4 is 35.2 Å². The van der Waals surface area contributed by atoms with Gasteiger partial charge in [0.25, 0.3) is 0 Å². The largest absolute Gasteiger partial charge is 0.465 e. The number of halogens is 2. The summed E-state index contributed by atoms with van der Waals surface area (Å²) in [5.41, 5.74) is 5.36. The van der Waals surface area contributed by atoms with E-state index in [9.17, 15) is 9.90 Å². The number of hydrogen-bond donors (Lipinski definition) is 2. The minimum absolute atomic E-state index is 0.000641. The van der Waals surface area contributed by atoms with Gasteiger partial charge in [0, 0.05) is 36.8 Å². The Morgan fingerprint density at radius 2 is 2.00 bits per heavy atom. The Balaban J connectivity index is 1.45. The lowest BCUT2D eigenvalue weighted by Crippen LogP contribution is -2.44. The van der Waals surface area contributed by atoms with Crippen LogP contribution in [0, 0.1) is 0 Å². The molecule has 2 atom stereocenters. The minimum Gasteiger partial charge on any atom is -0.465 e. The average molecular weight is 469 g/mol. The highest BCUT2D eigenvalue weighted by atomic mass is 35.5. The molecule has 1 aliphatic carbocycles. The Morgan fingerprint density at radius 1 is 1.16 bits per heavy atom. The van der Waals surface area contributed by atoms with Gasteiger partial charge in [0.05, 0.1) is 15.7 Å². The zero-order chi connectivity index (χ0) is 22.2. The number of piperidine rings is 1. The van der Waals surface area contributed by atoms with Crippen molar-refractivity contribution in [1.82, 2.24) is 14.9 Å². The van der Waals surface area contributed by atoms with Gasteiger partial charge in [-0.25, -0.2) is 14.8 Å². The molecule has 1 amide bonds. The standard InChI is InChI=1S/C24H22Cl2N4O2/c25-20-8-7-14(11-21(20)26)19-10-15-12-27-23(28-16-4-3-9-30(13-16)24(31)32)29-22(15)18-6-2-1-5-17(18)19/h1-2,5-8,11-12,16,19H,3-4,9-10,13H2,(H,31,32)(H,27,28,29)/t16-,19-/m1/s1. The molecular weight excluding hydrogens is 447 g/mol. The van der Waals surface area contributed by atoms with Crippen LogP contribution < -0.4 is 5.32 Å². The van der Waals surface area contributed by atoms with Crippen LogP contribution in [0.4, 0.5) is 10.7 Å². The van der Waals surface area contributed by atoms with Gasteiger partial charge >= 0.3 is 6.09 Å². The van der Waals surface area contributed by atoms with Gasteiger partial charge in [0.2, 0.25) is 5.95 Å². The zero-order valence-electron chi connectivity index (χ0n) is 17.3. The molecule has 2 aliphatic rings. The third-order valence-corrected chi connectivity index (χ3v) is 6.99. The molecule has 0 bridgehead atoms. The van der Waals surface area contributed by atoms with Crippen molar-refractivity contribution in [2.75, 3.05) is 18.4 Å². The molecule has 2 heterocycles. The van der Waals surface area contributed by atoms with Crippen LogP contribution in [0.15, 0.2) is 48.7 Å². The highest BCUT2D eigenvalue weighted by molar-refractivity contribution is 6.42. The Bertz CT molecular complexity index is 1190. The van der Waals surface area contributed by atoms with Crippen molar-refractivity contribution in [2.24, 2.45) is 0 Å². The highest BCUT2D eigenvalue weighted by Crippen LogP contribution is 2.42. The minimum atomic E-state index is -0.884. The van der Waals surface area contributed by atoms with Gasteiger partial charge in [0.1, 0.15) is 0 Å². The van der Waals surface area contributed by atoms with E-state index in [0.717, 1.165) is 41.6 Å². The lowest BCUT2D eigenvalue weighted by atomic mass is 9.78. The number of carboxylic acid groups (broad SMARTS) is 1. The van der Waals surface area contributed by atoms with Crippen molar-refractivity contribution in [3.05, 3.63) is 75.4 Å². The van der Waals surface area contributed by atoms with Gasteiger partial charge in [0.15, 0.2) is 0 Å². The maximum Gasteiger partial charge on any atom is 0.407 e. The molecule has 164 valence electrons. The van der Waals surface area contributed by atoms with Crippen LogP contribution in [0.3, 0.4) is 0 Å². The summed E-state index contributed by atoms with van der Waals surface area (Å²) in [5.74, 6) is 0.669. The third kappa shape index (κ3) is 4.00. The smallest absolute Gasteiger partial charge is 0.407 e. The molecule has 5 rings (SSSR count). The number of fused-ring (bicyclic) bond motifs is 3. The molecule has 6 nitrogen and oxygen atoms in total. The van der Waals surface area contributed by atoms with Crippen LogP contribution >= 0.6 is 23.2 Å². The maximum absolute atomic E-state index is 11.3. The first kappa shape index (κ1) is 21.0. The van der Waals surface area contributed by atoms with Crippen LogP contribution in [0.1, 0.15) is 35.4 Å². The number of nitrogens with zero attached hydrogens (tertiary/aromatic N) is 3. The Hall–Kier alpha value is -2.83. The van der Waals surface area contributed by atoms with Crippen LogP contribution in [-0.2, 0) is 6.42 Å². The first-order valence-corrected chi connectivity index (χ1v) is 11.4. The molecule has 2 N–H and O–H groups in total. The predicted octanol–water partition coefficient (Wildman–Crippen LogP) is 5.69. The average Bonchev–Trinajstić information content (AvgIpc) is 2.80. The Kier molecular flexibility index (Phi) is 5.66. The predicted molar refractivity (Wildman–Crippen MR) is 126 cm³/mol. The molecule has 1 saturated heterocycles. The molecule has 1 aromatic heterocycles. The van der Waals surface area contributed by atoms with Crippen LogP contribution in [0.5, 0.6) is 0 Å². The fourth-order valence-corrected chi connectivity index (χ4v) is 4.99. The molecular formula is C24H22Cl2N4O2. The number of benzene rings is 2. The number of anilines is 1. The van der Waals surface area contributed by atoms with E-state index >= 15 is 0 Å². The van der Waals surface area contributed by atoms with Crippen LogP contribution in [-0.4, -0.2) is 45.2 Å². The molecule has 0 unspecified atom stereocenters. The number of hydrogen-bond acceptors (Lipinski definition) is 4. The molecule has 0 saturated carbocycles. The Morgan fingerprint density at radius 3 is 2.81 bits per heavy atom. The number of carbonyl (C=O) groups is 1. The fourth-order valence-electron chi connectivity index (χ4n) is 4.68. The summed E-state index contributed by atoms with van der Waals surface area (Å²) < 4.78 is 0. The zero-order valence-corrected chi connectivity index (χ0v) is 18.8. The second-order valence-corrected chi connectivity index (χ2v) is 9.11. The number of rotatable bonds is 3. The second kappa shape index (κ2) is 8.60. The summed E-state index contributed by atoms with van der Waals surface area (Å²) in [4.78, 5) is 22.2. The van der Waals surface area contributed by atoms with E-state index < -0.39 is 6.09 Å². The summed E-state index contributed by atoms with van der Waals surface area (Å²) >= 11 is 12.4. The van der Waals surface area contributed by atoms with Gasteiger partial charge in [-0.1, -0.05) is 53.5 Å². The van der Waals surface area contributed by atoms with Gasteiger partial charge in [-0.3, -0.25) is 0 Å².